The van der Waals surface area contributed by atoms with E-state index in [1.165, 1.54) is 6.42 Å². The van der Waals surface area contributed by atoms with Crippen molar-refractivity contribution in [2.75, 3.05) is 39.9 Å². The Morgan fingerprint density at radius 2 is 2.13 bits per heavy atom. The van der Waals surface area contributed by atoms with Crippen molar-refractivity contribution in [2.24, 2.45) is 0 Å². The van der Waals surface area contributed by atoms with Crippen molar-refractivity contribution >= 4 is 6.09 Å². The Morgan fingerprint density at radius 3 is 2.74 bits per heavy atom. The summed E-state index contributed by atoms with van der Waals surface area (Å²) >= 11 is 0. The molecule has 2 heterocycles. The largest absolute Gasteiger partial charge is 0.444 e. The Labute approximate surface area is 140 Å². The SMILES string of the molecule is CC(CC1COCCN1C(=O)OC(C)(C)C)NC1CCN(C)C1. The minimum absolute atomic E-state index is 0.0835. The molecule has 0 bridgehead atoms. The van der Waals surface area contributed by atoms with Crippen LogP contribution in [-0.4, -0.2) is 79.5 Å². The predicted octanol–water partition coefficient (Wildman–Crippen LogP) is 1.69. The predicted molar refractivity (Wildman–Crippen MR) is 90.7 cm³/mol. The van der Waals surface area contributed by atoms with Gasteiger partial charge in [-0.2, -0.15) is 0 Å². The zero-order chi connectivity index (χ0) is 17.0. The molecule has 6 heteroatoms. The van der Waals surface area contributed by atoms with Crippen molar-refractivity contribution in [1.29, 1.82) is 0 Å². The first kappa shape index (κ1) is 18.5. The highest BCUT2D eigenvalue weighted by Crippen LogP contribution is 2.18. The average Bonchev–Trinajstić information content (AvgIpc) is 2.82. The number of amides is 1. The molecule has 1 N–H and O–H groups in total. The third-order valence-corrected chi connectivity index (χ3v) is 4.39. The van der Waals surface area contributed by atoms with Gasteiger partial charge in [0.1, 0.15) is 5.60 Å². The van der Waals surface area contributed by atoms with E-state index in [0.717, 1.165) is 19.5 Å². The minimum Gasteiger partial charge on any atom is -0.444 e. The topological polar surface area (TPSA) is 54.0 Å². The summed E-state index contributed by atoms with van der Waals surface area (Å²) in [6.45, 7) is 11.9. The van der Waals surface area contributed by atoms with Crippen LogP contribution in [0.4, 0.5) is 4.79 Å². The zero-order valence-corrected chi connectivity index (χ0v) is 15.3. The lowest BCUT2D eigenvalue weighted by atomic mass is 10.1. The van der Waals surface area contributed by atoms with Crippen LogP contribution in [0.5, 0.6) is 0 Å². The molecule has 3 unspecified atom stereocenters. The summed E-state index contributed by atoms with van der Waals surface area (Å²) in [4.78, 5) is 16.6. The van der Waals surface area contributed by atoms with Crippen molar-refractivity contribution < 1.29 is 14.3 Å². The normalized spacial score (nSPS) is 28.0. The van der Waals surface area contributed by atoms with Gasteiger partial charge >= 0.3 is 6.09 Å². The first-order valence-electron chi connectivity index (χ1n) is 8.76. The van der Waals surface area contributed by atoms with Crippen LogP contribution in [0, 0.1) is 0 Å². The van der Waals surface area contributed by atoms with Gasteiger partial charge < -0.3 is 24.6 Å². The molecule has 2 aliphatic heterocycles. The Hall–Kier alpha value is -0.850. The van der Waals surface area contributed by atoms with Gasteiger partial charge in [0.05, 0.1) is 19.3 Å². The Bertz CT molecular complexity index is 397. The fraction of sp³-hybridized carbons (Fsp3) is 0.941. The molecule has 0 aromatic heterocycles. The van der Waals surface area contributed by atoms with Crippen LogP contribution in [0.15, 0.2) is 0 Å². The molecule has 2 fully saturated rings. The second-order valence-corrected chi connectivity index (χ2v) is 7.95. The van der Waals surface area contributed by atoms with Gasteiger partial charge in [-0.1, -0.05) is 0 Å². The standard InChI is InChI=1S/C17H33N3O3/c1-13(18-14-6-7-19(5)11-14)10-15-12-22-9-8-20(15)16(21)23-17(2,3)4/h13-15,18H,6-12H2,1-5H3. The first-order chi connectivity index (χ1) is 10.7. The molecule has 0 aliphatic carbocycles. The number of morpholine rings is 1. The van der Waals surface area contributed by atoms with Crippen molar-refractivity contribution in [3.05, 3.63) is 0 Å². The van der Waals surface area contributed by atoms with Crippen LogP contribution < -0.4 is 5.32 Å². The summed E-state index contributed by atoms with van der Waals surface area (Å²) in [5, 5.41) is 3.69. The first-order valence-corrected chi connectivity index (χ1v) is 8.76. The fourth-order valence-corrected chi connectivity index (χ4v) is 3.36. The second-order valence-electron chi connectivity index (χ2n) is 7.95. The van der Waals surface area contributed by atoms with Crippen molar-refractivity contribution in [3.8, 4) is 0 Å². The van der Waals surface area contributed by atoms with Crippen molar-refractivity contribution in [1.82, 2.24) is 15.1 Å². The second kappa shape index (κ2) is 7.81. The molecule has 0 spiro atoms. The van der Waals surface area contributed by atoms with Crippen LogP contribution in [-0.2, 0) is 9.47 Å². The number of ether oxygens (including phenoxy) is 2. The quantitative estimate of drug-likeness (QED) is 0.852. The van der Waals surface area contributed by atoms with Gasteiger partial charge in [0.15, 0.2) is 0 Å². The van der Waals surface area contributed by atoms with E-state index in [0.29, 0.717) is 31.8 Å². The minimum atomic E-state index is -0.460. The molecule has 2 rings (SSSR count). The van der Waals surface area contributed by atoms with E-state index in [9.17, 15) is 4.79 Å². The maximum atomic E-state index is 12.4. The summed E-state index contributed by atoms with van der Waals surface area (Å²) in [5.41, 5.74) is -0.460. The Kier molecular flexibility index (Phi) is 6.28. The summed E-state index contributed by atoms with van der Waals surface area (Å²) in [5.74, 6) is 0. The molecule has 0 saturated carbocycles. The number of hydrogen-bond acceptors (Lipinski definition) is 5. The van der Waals surface area contributed by atoms with E-state index >= 15 is 0 Å². The lowest BCUT2D eigenvalue weighted by Gasteiger charge is -2.38. The number of nitrogens with zero attached hydrogens (tertiary/aromatic N) is 2. The molecule has 6 nitrogen and oxygen atoms in total. The maximum Gasteiger partial charge on any atom is 0.410 e. The number of carbonyl (C=O) groups excluding carboxylic acids is 1. The van der Waals surface area contributed by atoms with Crippen LogP contribution in [0.25, 0.3) is 0 Å². The molecule has 134 valence electrons. The molecule has 2 aliphatic rings. The number of hydrogen-bond donors (Lipinski definition) is 1. The van der Waals surface area contributed by atoms with Crippen LogP contribution >= 0.6 is 0 Å². The maximum absolute atomic E-state index is 12.4. The van der Waals surface area contributed by atoms with Gasteiger partial charge in [0.25, 0.3) is 0 Å². The third kappa shape index (κ3) is 5.94. The van der Waals surface area contributed by atoms with Gasteiger partial charge in [-0.25, -0.2) is 4.79 Å². The van der Waals surface area contributed by atoms with Gasteiger partial charge in [-0.3, -0.25) is 0 Å². The average molecular weight is 327 g/mol. The molecular formula is C17H33N3O3. The smallest absolute Gasteiger partial charge is 0.410 e. The van der Waals surface area contributed by atoms with E-state index in [4.69, 9.17) is 9.47 Å². The van der Waals surface area contributed by atoms with Crippen LogP contribution in [0.3, 0.4) is 0 Å². The van der Waals surface area contributed by atoms with Gasteiger partial charge in [0, 0.05) is 25.2 Å². The molecule has 1 amide bonds. The highest BCUT2D eigenvalue weighted by molar-refractivity contribution is 5.68. The molecule has 0 aromatic rings. The van der Waals surface area contributed by atoms with E-state index in [-0.39, 0.29) is 12.1 Å². The van der Waals surface area contributed by atoms with Crippen LogP contribution in [0.1, 0.15) is 40.5 Å². The van der Waals surface area contributed by atoms with E-state index in [1.807, 2.05) is 25.7 Å². The van der Waals surface area contributed by atoms with Gasteiger partial charge in [0.2, 0.25) is 0 Å². The molecule has 0 radical (unpaired) electrons. The Balaban J connectivity index is 1.86. The lowest BCUT2D eigenvalue weighted by Crippen LogP contribution is -2.53. The monoisotopic (exact) mass is 327 g/mol. The number of rotatable bonds is 4. The third-order valence-electron chi connectivity index (χ3n) is 4.39. The van der Waals surface area contributed by atoms with Gasteiger partial charge in [-0.15, -0.1) is 0 Å². The Morgan fingerprint density at radius 1 is 1.39 bits per heavy atom. The van der Waals surface area contributed by atoms with Gasteiger partial charge in [-0.05, 0) is 54.1 Å². The number of nitrogens with one attached hydrogen (secondary N) is 1. The van der Waals surface area contributed by atoms with E-state index in [2.05, 4.69) is 24.2 Å². The molecule has 2 saturated heterocycles. The molecule has 23 heavy (non-hydrogen) atoms. The highest BCUT2D eigenvalue weighted by Gasteiger charge is 2.32. The number of carbonyl (C=O) groups is 1. The lowest BCUT2D eigenvalue weighted by molar-refractivity contribution is -0.0357. The van der Waals surface area contributed by atoms with E-state index < -0.39 is 5.60 Å². The number of likely N-dealkylation sites (tertiary alicyclic amines) is 1. The van der Waals surface area contributed by atoms with Crippen LogP contribution in [0.2, 0.25) is 0 Å². The molecular weight excluding hydrogens is 294 g/mol. The van der Waals surface area contributed by atoms with E-state index in [1.54, 1.807) is 0 Å². The molecule has 0 aromatic carbocycles. The summed E-state index contributed by atoms with van der Waals surface area (Å²) in [6, 6.07) is 0.984. The van der Waals surface area contributed by atoms with Crippen molar-refractivity contribution in [2.45, 2.75) is 64.3 Å². The fourth-order valence-electron chi connectivity index (χ4n) is 3.36. The summed E-state index contributed by atoms with van der Waals surface area (Å²) < 4.78 is 11.1. The summed E-state index contributed by atoms with van der Waals surface area (Å²) in [6.07, 6.45) is 1.86. The number of likely N-dealkylation sites (N-methyl/N-ethyl adjacent to an activating group) is 1. The zero-order valence-electron chi connectivity index (χ0n) is 15.3. The molecule has 3 atom stereocenters. The van der Waals surface area contributed by atoms with Crippen molar-refractivity contribution in [3.63, 3.8) is 0 Å². The summed E-state index contributed by atoms with van der Waals surface area (Å²) in [7, 11) is 2.16. The highest BCUT2D eigenvalue weighted by atomic mass is 16.6.